The molecule has 1 aromatic heterocycles. The van der Waals surface area contributed by atoms with Crippen molar-refractivity contribution in [1.29, 1.82) is 5.26 Å². The van der Waals surface area contributed by atoms with Gasteiger partial charge < -0.3 is 20.0 Å². The van der Waals surface area contributed by atoms with Crippen molar-refractivity contribution in [2.24, 2.45) is 0 Å². The molecule has 4 aromatic rings. The Morgan fingerprint density at radius 1 is 0.960 bits per heavy atom. The van der Waals surface area contributed by atoms with Gasteiger partial charge in [-0.15, -0.1) is 0 Å². The third-order valence-electron chi connectivity index (χ3n) is 9.77. The molecule has 1 atom stereocenters. The van der Waals surface area contributed by atoms with Crippen LogP contribution >= 0.6 is 0 Å². The highest BCUT2D eigenvalue weighted by Gasteiger charge is 2.44. The maximum Gasteiger partial charge on any atom is 0.253 e. The van der Waals surface area contributed by atoms with Gasteiger partial charge in [0.25, 0.3) is 11.8 Å². The van der Waals surface area contributed by atoms with E-state index >= 15 is 0 Å². The third kappa shape index (κ3) is 6.48. The highest BCUT2D eigenvalue weighted by molar-refractivity contribution is 5.95. The van der Waals surface area contributed by atoms with Crippen LogP contribution in [0.15, 0.2) is 60.7 Å². The number of H-pyrrole nitrogens is 1. The number of amides is 3. The molecule has 50 heavy (non-hydrogen) atoms. The normalized spacial score (nSPS) is 16.2. The number of nitriles is 1. The van der Waals surface area contributed by atoms with Crippen molar-refractivity contribution < 1.29 is 18.8 Å². The number of carbonyl (C=O) groups is 3. The number of halogens is 1. The molecule has 3 amide bonds. The van der Waals surface area contributed by atoms with Crippen LogP contribution in [0.4, 0.5) is 4.39 Å². The number of aryl methyl sites for hydroxylation is 2. The van der Waals surface area contributed by atoms with E-state index in [9.17, 15) is 24.0 Å². The molecule has 12 heteroatoms. The van der Waals surface area contributed by atoms with Gasteiger partial charge in [0.05, 0.1) is 18.0 Å². The number of benzene rings is 3. The molecule has 258 valence electrons. The van der Waals surface area contributed by atoms with Crippen molar-refractivity contribution >= 4 is 17.7 Å². The summed E-state index contributed by atoms with van der Waals surface area (Å²) in [5.41, 5.74) is 4.57. The molecular formula is C38H41FN8O3. The van der Waals surface area contributed by atoms with Gasteiger partial charge in [-0.05, 0) is 109 Å². The minimum Gasteiger partial charge on any atom is -0.345 e. The smallest absolute Gasteiger partial charge is 0.253 e. The van der Waals surface area contributed by atoms with Crippen LogP contribution < -0.4 is 5.32 Å². The first-order chi connectivity index (χ1) is 24.0. The topological polar surface area (TPSA) is 138 Å². The van der Waals surface area contributed by atoms with Crippen LogP contribution in [0.2, 0.25) is 0 Å². The van der Waals surface area contributed by atoms with Gasteiger partial charge >= 0.3 is 0 Å². The molecule has 1 saturated heterocycles. The van der Waals surface area contributed by atoms with E-state index in [0.717, 1.165) is 28.7 Å². The van der Waals surface area contributed by atoms with E-state index in [-0.39, 0.29) is 30.1 Å². The van der Waals surface area contributed by atoms with E-state index in [1.807, 2.05) is 36.4 Å². The largest absolute Gasteiger partial charge is 0.345 e. The van der Waals surface area contributed by atoms with E-state index in [4.69, 9.17) is 4.98 Å². The fraction of sp³-hybridized carbons (Fsp3) is 0.368. The zero-order chi connectivity index (χ0) is 35.6. The van der Waals surface area contributed by atoms with Crippen molar-refractivity contribution in [2.45, 2.75) is 43.6 Å². The predicted octanol–water partition coefficient (Wildman–Crippen LogP) is 3.94. The molecule has 0 radical (unpaired) electrons. The van der Waals surface area contributed by atoms with Gasteiger partial charge in [0.15, 0.2) is 5.82 Å². The molecule has 6 rings (SSSR count). The lowest BCUT2D eigenvalue weighted by Crippen LogP contribution is -2.42. The Labute approximate surface area is 291 Å². The Bertz CT molecular complexity index is 1890. The first-order valence-electron chi connectivity index (χ1n) is 16.8. The zero-order valence-electron chi connectivity index (χ0n) is 28.8. The van der Waals surface area contributed by atoms with Crippen LogP contribution in [-0.4, -0.2) is 101 Å². The second-order valence-corrected chi connectivity index (χ2v) is 13.4. The summed E-state index contributed by atoms with van der Waals surface area (Å²) in [6, 6.07) is 19.3. The lowest BCUT2D eigenvalue weighted by atomic mass is 9.69. The van der Waals surface area contributed by atoms with Crippen molar-refractivity contribution in [1.82, 2.24) is 35.2 Å². The van der Waals surface area contributed by atoms with E-state index in [0.29, 0.717) is 67.1 Å². The quantitative estimate of drug-likeness (QED) is 0.256. The monoisotopic (exact) mass is 676 g/mol. The maximum absolute atomic E-state index is 13.8. The minimum atomic E-state index is -0.954. The van der Waals surface area contributed by atoms with Crippen LogP contribution in [0.3, 0.4) is 0 Å². The van der Waals surface area contributed by atoms with E-state index in [2.05, 4.69) is 21.6 Å². The van der Waals surface area contributed by atoms with Gasteiger partial charge in [-0.25, -0.2) is 9.37 Å². The van der Waals surface area contributed by atoms with E-state index in [1.165, 1.54) is 12.1 Å². The van der Waals surface area contributed by atoms with Gasteiger partial charge in [-0.1, -0.05) is 12.1 Å². The standard InChI is InChI=1S/C38H41FN8O3/c1-45(2)35(49)27-11-15-31-25(20-27)7-8-26-21-28(36(50)46(3)4)12-16-32(26)38(31,17-18-41-23-33(48)47-19-5-6-30(47)22-40)37-42-34(43-44-37)24-9-13-29(39)14-10-24/h9-16,20-21,30,41H,5-8,17-19,23H2,1-4H3,(H,42,43,44). The number of fused-ring (bicyclic) bond motifs is 2. The average molecular weight is 677 g/mol. The Morgan fingerprint density at radius 2 is 1.56 bits per heavy atom. The summed E-state index contributed by atoms with van der Waals surface area (Å²) < 4.78 is 13.8. The summed E-state index contributed by atoms with van der Waals surface area (Å²) in [6.45, 7) is 1.02. The number of aromatic amines is 1. The van der Waals surface area contributed by atoms with Crippen molar-refractivity contribution in [3.05, 3.63) is 106 Å². The minimum absolute atomic E-state index is 0.0672. The first-order valence-corrected chi connectivity index (χ1v) is 16.8. The molecule has 11 nitrogen and oxygen atoms in total. The molecule has 0 bridgehead atoms. The van der Waals surface area contributed by atoms with Crippen molar-refractivity contribution in [3.63, 3.8) is 0 Å². The number of aromatic nitrogens is 3. The second-order valence-electron chi connectivity index (χ2n) is 13.4. The molecular weight excluding hydrogens is 635 g/mol. The molecule has 1 aliphatic heterocycles. The number of nitrogens with one attached hydrogen (secondary N) is 2. The summed E-state index contributed by atoms with van der Waals surface area (Å²) in [6.07, 6.45) is 3.12. The van der Waals surface area contributed by atoms with Crippen LogP contribution in [0, 0.1) is 17.1 Å². The number of hydrogen-bond acceptors (Lipinski definition) is 7. The number of carbonyl (C=O) groups excluding carboxylic acids is 3. The molecule has 0 saturated carbocycles. The lowest BCUT2D eigenvalue weighted by molar-refractivity contribution is -0.130. The van der Waals surface area contributed by atoms with E-state index < -0.39 is 11.5 Å². The molecule has 2 N–H and O–H groups in total. The van der Waals surface area contributed by atoms with Crippen LogP contribution in [0.25, 0.3) is 11.4 Å². The van der Waals surface area contributed by atoms with Gasteiger partial charge in [-0.3, -0.25) is 19.5 Å². The molecule has 1 unspecified atom stereocenters. The van der Waals surface area contributed by atoms with Gasteiger partial charge in [0.1, 0.15) is 17.7 Å². The van der Waals surface area contributed by atoms with Gasteiger partial charge in [0, 0.05) is 51.4 Å². The summed E-state index contributed by atoms with van der Waals surface area (Å²) in [4.78, 5) is 49.2. The molecule has 2 heterocycles. The Morgan fingerprint density at radius 3 is 2.12 bits per heavy atom. The third-order valence-corrected chi connectivity index (χ3v) is 9.77. The van der Waals surface area contributed by atoms with Gasteiger partial charge in [-0.2, -0.15) is 10.4 Å². The second kappa shape index (κ2) is 14.2. The van der Waals surface area contributed by atoms with Gasteiger partial charge in [0.2, 0.25) is 5.91 Å². The molecule has 2 aliphatic rings. The van der Waals surface area contributed by atoms with Crippen LogP contribution in [0.1, 0.15) is 68.1 Å². The molecule has 0 spiro atoms. The summed E-state index contributed by atoms with van der Waals surface area (Å²) in [5, 5.41) is 20.7. The molecule has 1 aliphatic carbocycles. The molecule has 1 fully saturated rings. The SMILES string of the molecule is CN(C)C(=O)c1ccc2c(c1)CCc1cc(C(=O)N(C)C)ccc1C2(CCNCC(=O)N1CCCC1C#N)c1nc(-c2ccc(F)cc2)n[nH]1. The summed E-state index contributed by atoms with van der Waals surface area (Å²) >= 11 is 0. The van der Waals surface area contributed by atoms with Crippen molar-refractivity contribution in [2.75, 3.05) is 47.8 Å². The average Bonchev–Trinajstić information content (AvgIpc) is 3.79. The van der Waals surface area contributed by atoms with Crippen molar-refractivity contribution in [3.8, 4) is 17.5 Å². The number of likely N-dealkylation sites (tertiary alicyclic amines) is 1. The van der Waals surface area contributed by atoms with Crippen LogP contribution in [0.5, 0.6) is 0 Å². The Kier molecular flexibility index (Phi) is 9.79. The first kappa shape index (κ1) is 34.5. The number of nitrogens with zero attached hydrogens (tertiary/aromatic N) is 6. The maximum atomic E-state index is 13.8. The summed E-state index contributed by atoms with van der Waals surface area (Å²) in [7, 11) is 6.88. The number of hydrogen-bond donors (Lipinski definition) is 2. The predicted molar refractivity (Wildman–Crippen MR) is 186 cm³/mol. The Hall–Kier alpha value is -5.41. The lowest BCUT2D eigenvalue weighted by Gasteiger charge is -2.35. The number of rotatable bonds is 9. The zero-order valence-corrected chi connectivity index (χ0v) is 28.8. The van der Waals surface area contributed by atoms with E-state index in [1.54, 1.807) is 55.0 Å². The van der Waals surface area contributed by atoms with Crippen LogP contribution in [-0.2, 0) is 23.1 Å². The molecule has 3 aromatic carbocycles. The Balaban J connectivity index is 1.48. The fourth-order valence-corrected chi connectivity index (χ4v) is 7.23. The fourth-order valence-electron chi connectivity index (χ4n) is 7.23. The summed E-state index contributed by atoms with van der Waals surface area (Å²) in [5.74, 6) is 0.211. The highest BCUT2D eigenvalue weighted by atomic mass is 19.1. The highest BCUT2D eigenvalue weighted by Crippen LogP contribution is 2.46.